The maximum Gasteiger partial charge on any atom is 0.193 e. The van der Waals surface area contributed by atoms with Crippen LogP contribution in [0, 0.1) is 11.3 Å². The Hall–Kier alpha value is -2.06. The zero-order valence-electron chi connectivity index (χ0n) is 9.10. The van der Waals surface area contributed by atoms with Crippen LogP contribution in [0.25, 0.3) is 0 Å². The topological polar surface area (TPSA) is 83.4 Å². The number of nitriles is 1. The SMILES string of the molecule is COCCN=C(N)Nc1cccc(C#N)c1. The highest BCUT2D eigenvalue weighted by molar-refractivity contribution is 5.92. The fourth-order valence-corrected chi connectivity index (χ4v) is 1.11. The van der Waals surface area contributed by atoms with Crippen molar-refractivity contribution in [1.29, 1.82) is 5.26 Å². The van der Waals surface area contributed by atoms with E-state index in [4.69, 9.17) is 15.7 Å². The van der Waals surface area contributed by atoms with Crippen LogP contribution in [-0.2, 0) is 4.74 Å². The van der Waals surface area contributed by atoms with E-state index in [0.29, 0.717) is 24.7 Å². The lowest BCUT2D eigenvalue weighted by molar-refractivity contribution is 0.208. The zero-order chi connectivity index (χ0) is 11.8. The molecule has 5 heteroatoms. The highest BCUT2D eigenvalue weighted by Gasteiger charge is 1.96. The van der Waals surface area contributed by atoms with Gasteiger partial charge >= 0.3 is 0 Å². The van der Waals surface area contributed by atoms with E-state index in [2.05, 4.69) is 16.4 Å². The van der Waals surface area contributed by atoms with Gasteiger partial charge in [0.2, 0.25) is 0 Å². The molecule has 3 N–H and O–H groups in total. The van der Waals surface area contributed by atoms with E-state index in [1.165, 1.54) is 0 Å². The Labute approximate surface area is 94.5 Å². The van der Waals surface area contributed by atoms with Crippen LogP contribution in [0.15, 0.2) is 29.3 Å². The number of nitrogens with one attached hydrogen (secondary N) is 1. The third-order valence-electron chi connectivity index (χ3n) is 1.84. The summed E-state index contributed by atoms with van der Waals surface area (Å²) in [5.74, 6) is 0.312. The summed E-state index contributed by atoms with van der Waals surface area (Å²) in [4.78, 5) is 4.04. The fourth-order valence-electron chi connectivity index (χ4n) is 1.11. The molecule has 0 unspecified atom stereocenters. The summed E-state index contributed by atoms with van der Waals surface area (Å²) in [6, 6.07) is 9.08. The molecule has 0 radical (unpaired) electrons. The highest BCUT2D eigenvalue weighted by Crippen LogP contribution is 2.08. The molecule has 0 aliphatic carbocycles. The van der Waals surface area contributed by atoms with Gasteiger partial charge < -0.3 is 15.8 Å². The van der Waals surface area contributed by atoms with Gasteiger partial charge in [0.1, 0.15) is 0 Å². The van der Waals surface area contributed by atoms with Crippen molar-refractivity contribution in [3.63, 3.8) is 0 Å². The Kier molecular flexibility index (Phi) is 4.83. The third-order valence-corrected chi connectivity index (χ3v) is 1.84. The summed E-state index contributed by atoms with van der Waals surface area (Å²) in [6.45, 7) is 1.04. The van der Waals surface area contributed by atoms with Gasteiger partial charge in [-0.15, -0.1) is 0 Å². The second kappa shape index (κ2) is 6.43. The normalized spacial score (nSPS) is 10.9. The van der Waals surface area contributed by atoms with Gasteiger partial charge in [-0.1, -0.05) is 6.07 Å². The standard InChI is InChI=1S/C11H14N4O/c1-16-6-5-14-11(13)15-10-4-2-3-9(7-10)8-12/h2-4,7H,5-6H2,1H3,(H3,13,14,15). The zero-order valence-corrected chi connectivity index (χ0v) is 9.10. The summed E-state index contributed by atoms with van der Waals surface area (Å²) in [6.07, 6.45) is 0. The molecule has 0 heterocycles. The van der Waals surface area contributed by atoms with E-state index in [-0.39, 0.29) is 0 Å². The molecule has 1 rings (SSSR count). The second-order valence-corrected chi connectivity index (χ2v) is 3.08. The minimum absolute atomic E-state index is 0.312. The molecule has 0 saturated heterocycles. The molecule has 0 atom stereocenters. The Morgan fingerprint density at radius 2 is 2.44 bits per heavy atom. The number of benzene rings is 1. The summed E-state index contributed by atoms with van der Waals surface area (Å²) >= 11 is 0. The van der Waals surface area contributed by atoms with E-state index < -0.39 is 0 Å². The average Bonchev–Trinajstić information content (AvgIpc) is 2.29. The summed E-state index contributed by atoms with van der Waals surface area (Å²) < 4.78 is 4.85. The molecule has 1 aromatic rings. The number of ether oxygens (including phenoxy) is 1. The van der Waals surface area contributed by atoms with Gasteiger partial charge in [-0.2, -0.15) is 5.26 Å². The average molecular weight is 218 g/mol. The number of methoxy groups -OCH3 is 1. The number of aliphatic imine (C=N–C) groups is 1. The fraction of sp³-hybridized carbons (Fsp3) is 0.273. The van der Waals surface area contributed by atoms with E-state index in [9.17, 15) is 0 Å². The van der Waals surface area contributed by atoms with Gasteiger partial charge in [-0.05, 0) is 18.2 Å². The predicted octanol–water partition coefficient (Wildman–Crippen LogP) is 0.931. The molecular weight excluding hydrogens is 204 g/mol. The Morgan fingerprint density at radius 3 is 3.12 bits per heavy atom. The highest BCUT2D eigenvalue weighted by atomic mass is 16.5. The molecule has 0 amide bonds. The lowest BCUT2D eigenvalue weighted by atomic mass is 10.2. The lowest BCUT2D eigenvalue weighted by Crippen LogP contribution is -2.23. The number of anilines is 1. The van der Waals surface area contributed by atoms with Crippen LogP contribution < -0.4 is 11.1 Å². The first-order chi connectivity index (χ1) is 7.76. The minimum Gasteiger partial charge on any atom is -0.383 e. The molecule has 0 spiro atoms. The Bertz CT molecular complexity index is 409. The molecule has 0 bridgehead atoms. The molecular formula is C11H14N4O. The van der Waals surface area contributed by atoms with Crippen molar-refractivity contribution in [3.05, 3.63) is 29.8 Å². The number of rotatable bonds is 4. The summed E-state index contributed by atoms with van der Waals surface area (Å²) in [7, 11) is 1.61. The van der Waals surface area contributed by atoms with E-state index in [1.807, 2.05) is 6.07 Å². The molecule has 0 aliphatic heterocycles. The van der Waals surface area contributed by atoms with Crippen molar-refractivity contribution in [2.45, 2.75) is 0 Å². The molecule has 0 saturated carbocycles. The van der Waals surface area contributed by atoms with Crippen molar-refractivity contribution in [2.75, 3.05) is 25.6 Å². The molecule has 84 valence electrons. The van der Waals surface area contributed by atoms with Crippen LogP contribution in [0.1, 0.15) is 5.56 Å². The number of nitrogens with two attached hydrogens (primary N) is 1. The van der Waals surface area contributed by atoms with Gasteiger partial charge in [-0.3, -0.25) is 4.99 Å². The van der Waals surface area contributed by atoms with Gasteiger partial charge in [0.15, 0.2) is 5.96 Å². The quantitative estimate of drug-likeness (QED) is 0.447. The maximum atomic E-state index is 8.71. The molecule has 0 aliphatic rings. The van der Waals surface area contributed by atoms with Gasteiger partial charge in [-0.25, -0.2) is 0 Å². The van der Waals surface area contributed by atoms with Crippen LogP contribution >= 0.6 is 0 Å². The van der Waals surface area contributed by atoms with E-state index in [1.54, 1.807) is 25.3 Å². The Balaban J connectivity index is 2.59. The van der Waals surface area contributed by atoms with Crippen LogP contribution in [0.3, 0.4) is 0 Å². The number of hydrogen-bond donors (Lipinski definition) is 2. The molecule has 16 heavy (non-hydrogen) atoms. The number of guanidine groups is 1. The first kappa shape index (κ1) is 12.0. The lowest BCUT2D eigenvalue weighted by Gasteiger charge is -2.05. The summed E-state index contributed by atoms with van der Waals surface area (Å²) in [5, 5.41) is 11.6. The molecule has 0 aromatic heterocycles. The van der Waals surface area contributed by atoms with Gasteiger partial charge in [0.05, 0.1) is 24.8 Å². The number of nitrogens with zero attached hydrogens (tertiary/aromatic N) is 2. The largest absolute Gasteiger partial charge is 0.383 e. The van der Waals surface area contributed by atoms with Crippen molar-refractivity contribution >= 4 is 11.6 Å². The molecule has 1 aromatic carbocycles. The van der Waals surface area contributed by atoms with Crippen molar-refractivity contribution in [1.82, 2.24) is 0 Å². The van der Waals surface area contributed by atoms with Crippen molar-refractivity contribution < 1.29 is 4.74 Å². The minimum atomic E-state index is 0.312. The first-order valence-corrected chi connectivity index (χ1v) is 4.82. The van der Waals surface area contributed by atoms with Crippen LogP contribution in [0.2, 0.25) is 0 Å². The smallest absolute Gasteiger partial charge is 0.193 e. The van der Waals surface area contributed by atoms with Gasteiger partial charge in [0.25, 0.3) is 0 Å². The molecule has 5 nitrogen and oxygen atoms in total. The van der Waals surface area contributed by atoms with E-state index in [0.717, 1.165) is 5.69 Å². The predicted molar refractivity (Wildman–Crippen MR) is 63.1 cm³/mol. The monoisotopic (exact) mass is 218 g/mol. The van der Waals surface area contributed by atoms with Gasteiger partial charge in [0, 0.05) is 12.8 Å². The summed E-state index contributed by atoms with van der Waals surface area (Å²) in [5.41, 5.74) is 6.96. The van der Waals surface area contributed by atoms with Crippen LogP contribution in [0.4, 0.5) is 5.69 Å². The van der Waals surface area contributed by atoms with Crippen LogP contribution in [-0.4, -0.2) is 26.2 Å². The molecule has 0 fully saturated rings. The number of hydrogen-bond acceptors (Lipinski definition) is 3. The Morgan fingerprint density at radius 1 is 1.62 bits per heavy atom. The van der Waals surface area contributed by atoms with E-state index >= 15 is 0 Å². The third kappa shape index (κ3) is 3.98. The maximum absolute atomic E-state index is 8.71. The van der Waals surface area contributed by atoms with Crippen molar-refractivity contribution in [3.8, 4) is 6.07 Å². The van der Waals surface area contributed by atoms with Crippen molar-refractivity contribution in [2.24, 2.45) is 10.7 Å². The second-order valence-electron chi connectivity index (χ2n) is 3.08. The van der Waals surface area contributed by atoms with Crippen LogP contribution in [0.5, 0.6) is 0 Å². The first-order valence-electron chi connectivity index (χ1n) is 4.82.